The zero-order valence-corrected chi connectivity index (χ0v) is 14.3. The number of amides is 2. The van der Waals surface area contributed by atoms with Crippen LogP contribution in [0.25, 0.3) is 5.69 Å². The number of hydrogen-bond acceptors (Lipinski definition) is 5. The van der Waals surface area contributed by atoms with Gasteiger partial charge in [0.15, 0.2) is 11.5 Å². The van der Waals surface area contributed by atoms with Crippen LogP contribution in [0.3, 0.4) is 0 Å². The van der Waals surface area contributed by atoms with Gasteiger partial charge in [-0.2, -0.15) is 10.2 Å². The average Bonchev–Trinajstić information content (AvgIpc) is 3.26. The van der Waals surface area contributed by atoms with Gasteiger partial charge >= 0.3 is 0 Å². The van der Waals surface area contributed by atoms with Crippen LogP contribution in [0, 0.1) is 0 Å². The molecule has 0 atom stereocenters. The van der Waals surface area contributed by atoms with Crippen LogP contribution in [0.15, 0.2) is 36.4 Å². The number of anilines is 1. The largest absolute Gasteiger partial charge is 0.493 e. The Morgan fingerprint density at radius 2 is 2.00 bits per heavy atom. The van der Waals surface area contributed by atoms with Crippen LogP contribution in [0.2, 0.25) is 0 Å². The quantitative estimate of drug-likeness (QED) is 0.523. The van der Waals surface area contributed by atoms with Crippen LogP contribution in [0.4, 0.5) is 5.82 Å². The van der Waals surface area contributed by atoms with Crippen molar-refractivity contribution >= 4 is 17.6 Å². The molecule has 4 rings (SSSR count). The van der Waals surface area contributed by atoms with E-state index in [0.717, 1.165) is 24.1 Å². The van der Waals surface area contributed by atoms with Crippen LogP contribution in [0.5, 0.6) is 5.88 Å². The monoisotopic (exact) mass is 366 g/mol. The molecule has 2 aromatic heterocycles. The van der Waals surface area contributed by atoms with Gasteiger partial charge in [0.2, 0.25) is 11.8 Å². The molecule has 1 saturated carbocycles. The number of primary amides is 1. The summed E-state index contributed by atoms with van der Waals surface area (Å²) in [6.07, 6.45) is 2.51. The van der Waals surface area contributed by atoms with E-state index in [4.69, 9.17) is 5.73 Å². The van der Waals surface area contributed by atoms with E-state index in [0.29, 0.717) is 17.4 Å². The molecule has 5 N–H and O–H groups in total. The molecule has 1 fully saturated rings. The fraction of sp³-hybridized carbons (Fsp3) is 0.222. The van der Waals surface area contributed by atoms with Crippen molar-refractivity contribution in [2.24, 2.45) is 5.73 Å². The van der Waals surface area contributed by atoms with E-state index in [2.05, 4.69) is 20.6 Å². The SMILES string of the molecule is NC(=O)c1cc(O)n(-c2ccc(CC(=O)Nc3cc(C4CC4)[nH]n3)cc2)n1. The fourth-order valence-corrected chi connectivity index (χ4v) is 2.81. The molecule has 2 amide bonds. The molecule has 0 unspecified atom stereocenters. The van der Waals surface area contributed by atoms with Crippen LogP contribution in [-0.4, -0.2) is 36.9 Å². The Morgan fingerprint density at radius 3 is 2.63 bits per heavy atom. The summed E-state index contributed by atoms with van der Waals surface area (Å²) in [4.78, 5) is 23.3. The molecule has 1 aromatic carbocycles. The molecule has 0 saturated heterocycles. The average molecular weight is 366 g/mol. The van der Waals surface area contributed by atoms with Crippen LogP contribution in [-0.2, 0) is 11.2 Å². The first kappa shape index (κ1) is 16.8. The number of nitrogens with two attached hydrogens (primary N) is 1. The molecule has 0 spiro atoms. The molecule has 9 nitrogen and oxygen atoms in total. The molecule has 1 aliphatic rings. The van der Waals surface area contributed by atoms with E-state index in [9.17, 15) is 14.7 Å². The zero-order valence-electron chi connectivity index (χ0n) is 14.3. The highest BCUT2D eigenvalue weighted by atomic mass is 16.3. The minimum atomic E-state index is -0.722. The molecule has 3 aromatic rings. The molecular weight excluding hydrogens is 348 g/mol. The Kier molecular flexibility index (Phi) is 4.11. The van der Waals surface area contributed by atoms with Crippen molar-refractivity contribution < 1.29 is 14.7 Å². The lowest BCUT2D eigenvalue weighted by Crippen LogP contribution is -2.14. The first-order valence-electron chi connectivity index (χ1n) is 8.53. The summed E-state index contributed by atoms with van der Waals surface area (Å²) >= 11 is 0. The van der Waals surface area contributed by atoms with Gasteiger partial charge in [0.05, 0.1) is 12.1 Å². The molecule has 0 aliphatic heterocycles. The summed E-state index contributed by atoms with van der Waals surface area (Å²) in [6, 6.07) is 9.96. The number of carbonyl (C=O) groups is 2. The Labute approximate surface area is 154 Å². The number of rotatable bonds is 6. The van der Waals surface area contributed by atoms with Gasteiger partial charge in [-0.1, -0.05) is 12.1 Å². The number of hydrogen-bond donors (Lipinski definition) is 4. The Hall–Kier alpha value is -3.62. The van der Waals surface area contributed by atoms with Gasteiger partial charge in [-0.15, -0.1) is 0 Å². The van der Waals surface area contributed by atoms with E-state index >= 15 is 0 Å². The maximum absolute atomic E-state index is 12.2. The molecule has 0 bridgehead atoms. The molecular formula is C18H18N6O3. The second-order valence-corrected chi connectivity index (χ2v) is 6.54. The molecule has 138 valence electrons. The summed E-state index contributed by atoms with van der Waals surface area (Å²) in [5.41, 5.74) is 7.53. The number of aromatic nitrogens is 4. The van der Waals surface area contributed by atoms with Crippen molar-refractivity contribution in [3.05, 3.63) is 53.3 Å². The van der Waals surface area contributed by atoms with Gasteiger partial charge in [-0.3, -0.25) is 14.7 Å². The predicted octanol–water partition coefficient (Wildman–Crippen LogP) is 1.46. The van der Waals surface area contributed by atoms with Gasteiger partial charge in [-0.05, 0) is 30.5 Å². The normalized spacial score (nSPS) is 13.5. The molecule has 0 radical (unpaired) electrons. The molecule has 9 heteroatoms. The van der Waals surface area contributed by atoms with Gasteiger partial charge in [-0.25, -0.2) is 4.68 Å². The molecule has 2 heterocycles. The lowest BCUT2D eigenvalue weighted by Gasteiger charge is -2.05. The van der Waals surface area contributed by atoms with Gasteiger partial charge in [0.1, 0.15) is 0 Å². The predicted molar refractivity (Wildman–Crippen MR) is 96.6 cm³/mol. The van der Waals surface area contributed by atoms with Crippen molar-refractivity contribution in [1.29, 1.82) is 0 Å². The summed E-state index contributed by atoms with van der Waals surface area (Å²) in [5.74, 6) is -0.0159. The fourth-order valence-electron chi connectivity index (χ4n) is 2.81. The number of nitrogens with zero attached hydrogens (tertiary/aromatic N) is 3. The second-order valence-electron chi connectivity index (χ2n) is 6.54. The number of carbonyl (C=O) groups excluding carboxylic acids is 2. The number of H-pyrrole nitrogens is 1. The summed E-state index contributed by atoms with van der Waals surface area (Å²) in [6.45, 7) is 0. The minimum absolute atomic E-state index is 0.0273. The van der Waals surface area contributed by atoms with Gasteiger partial charge < -0.3 is 16.2 Å². The first-order chi connectivity index (χ1) is 13.0. The third-order valence-electron chi connectivity index (χ3n) is 4.37. The topological polar surface area (TPSA) is 139 Å². The summed E-state index contributed by atoms with van der Waals surface area (Å²) < 4.78 is 1.20. The molecule has 1 aliphatic carbocycles. The van der Waals surface area contributed by atoms with Gasteiger partial charge in [0, 0.05) is 23.7 Å². The van der Waals surface area contributed by atoms with E-state index in [1.807, 2.05) is 6.07 Å². The van der Waals surface area contributed by atoms with Crippen molar-refractivity contribution in [2.75, 3.05) is 5.32 Å². The molecule has 27 heavy (non-hydrogen) atoms. The lowest BCUT2D eigenvalue weighted by molar-refractivity contribution is -0.115. The smallest absolute Gasteiger partial charge is 0.269 e. The summed E-state index contributed by atoms with van der Waals surface area (Å²) in [7, 11) is 0. The third kappa shape index (κ3) is 3.66. The highest BCUT2D eigenvalue weighted by molar-refractivity contribution is 5.91. The van der Waals surface area contributed by atoms with E-state index in [-0.39, 0.29) is 23.9 Å². The third-order valence-corrected chi connectivity index (χ3v) is 4.37. The number of aromatic amines is 1. The van der Waals surface area contributed by atoms with E-state index < -0.39 is 5.91 Å². The highest BCUT2D eigenvalue weighted by Gasteiger charge is 2.25. The number of aromatic hydroxyl groups is 1. The lowest BCUT2D eigenvalue weighted by atomic mass is 10.1. The standard InChI is InChI=1S/C18H18N6O3/c19-18(27)14-9-17(26)24(23-14)12-5-1-10(2-6-12)7-16(25)20-15-8-13(21-22-15)11-3-4-11/h1-2,5-6,8-9,11,26H,3-4,7H2,(H2,19,27)(H2,20,21,22,25). The Bertz CT molecular complexity index is 1000. The van der Waals surface area contributed by atoms with Gasteiger partial charge in [0.25, 0.3) is 5.91 Å². The van der Waals surface area contributed by atoms with Crippen molar-refractivity contribution in [3.8, 4) is 11.6 Å². The van der Waals surface area contributed by atoms with Crippen molar-refractivity contribution in [3.63, 3.8) is 0 Å². The number of nitrogens with one attached hydrogen (secondary N) is 2. The Balaban J connectivity index is 1.41. The summed E-state index contributed by atoms with van der Waals surface area (Å²) in [5, 5.41) is 23.7. The highest BCUT2D eigenvalue weighted by Crippen LogP contribution is 2.39. The zero-order chi connectivity index (χ0) is 19.0. The minimum Gasteiger partial charge on any atom is -0.493 e. The van der Waals surface area contributed by atoms with Crippen molar-refractivity contribution in [2.45, 2.75) is 25.2 Å². The van der Waals surface area contributed by atoms with E-state index in [1.54, 1.807) is 24.3 Å². The Morgan fingerprint density at radius 1 is 1.26 bits per heavy atom. The first-order valence-corrected chi connectivity index (χ1v) is 8.53. The van der Waals surface area contributed by atoms with Crippen LogP contribution < -0.4 is 11.1 Å². The van der Waals surface area contributed by atoms with Crippen LogP contribution >= 0.6 is 0 Å². The maximum atomic E-state index is 12.2. The second kappa shape index (κ2) is 6.60. The van der Waals surface area contributed by atoms with Crippen LogP contribution in [0.1, 0.15) is 40.5 Å². The number of benzene rings is 1. The maximum Gasteiger partial charge on any atom is 0.269 e. The van der Waals surface area contributed by atoms with Crippen molar-refractivity contribution in [1.82, 2.24) is 20.0 Å². The van der Waals surface area contributed by atoms with E-state index in [1.165, 1.54) is 10.7 Å².